The average Bonchev–Trinajstić information content (AvgIpc) is 2.01. The molecule has 0 aromatic carbocycles. The second kappa shape index (κ2) is 5.02. The molecule has 3 heteroatoms. The van der Waals surface area contributed by atoms with E-state index in [1.807, 2.05) is 26.8 Å². The van der Waals surface area contributed by atoms with Crippen molar-refractivity contribution in [2.45, 2.75) is 33.6 Å². The number of nitrogens with two attached hydrogens (primary N) is 1. The van der Waals surface area contributed by atoms with Crippen molar-refractivity contribution in [3.63, 3.8) is 0 Å². The first-order chi connectivity index (χ1) is 5.89. The largest absolute Gasteiger partial charge is 0.280 e. The molecule has 0 aromatic heterocycles. The lowest BCUT2D eigenvalue weighted by molar-refractivity contribution is -0.139. The van der Waals surface area contributed by atoms with Crippen LogP contribution in [0.5, 0.6) is 0 Å². The van der Waals surface area contributed by atoms with Crippen LogP contribution in [-0.2, 0) is 4.79 Å². The molecule has 0 aliphatic carbocycles. The topological polar surface area (TPSA) is 46.3 Å². The van der Waals surface area contributed by atoms with Crippen molar-refractivity contribution in [1.29, 1.82) is 0 Å². The lowest BCUT2D eigenvalue weighted by Crippen LogP contribution is -2.44. The van der Waals surface area contributed by atoms with Crippen molar-refractivity contribution in [1.82, 2.24) is 5.01 Å². The Morgan fingerprint density at radius 3 is 2.46 bits per heavy atom. The van der Waals surface area contributed by atoms with Gasteiger partial charge in [0.2, 0.25) is 5.91 Å². The fourth-order valence-electron chi connectivity index (χ4n) is 0.938. The Labute approximate surface area is 80.6 Å². The van der Waals surface area contributed by atoms with Crippen LogP contribution < -0.4 is 5.84 Å². The highest BCUT2D eigenvalue weighted by Crippen LogP contribution is 2.15. The van der Waals surface area contributed by atoms with Crippen LogP contribution in [0.15, 0.2) is 12.7 Å². The molecule has 13 heavy (non-hydrogen) atoms. The zero-order valence-corrected chi connectivity index (χ0v) is 8.84. The molecule has 0 saturated heterocycles. The van der Waals surface area contributed by atoms with Crippen LogP contribution in [0, 0.1) is 5.41 Å². The Kier molecular flexibility index (Phi) is 4.70. The lowest BCUT2D eigenvalue weighted by Gasteiger charge is -2.25. The molecular weight excluding hydrogens is 164 g/mol. The molecule has 0 unspecified atom stereocenters. The molecule has 0 fully saturated rings. The highest BCUT2D eigenvalue weighted by atomic mass is 16.2. The summed E-state index contributed by atoms with van der Waals surface area (Å²) in [4.78, 5) is 11.5. The zero-order chi connectivity index (χ0) is 10.5. The molecule has 0 aliphatic rings. The maximum absolute atomic E-state index is 11.5. The van der Waals surface area contributed by atoms with E-state index in [1.165, 1.54) is 5.01 Å². The van der Waals surface area contributed by atoms with Crippen LogP contribution in [0.2, 0.25) is 0 Å². The molecule has 0 rings (SSSR count). The van der Waals surface area contributed by atoms with Gasteiger partial charge in [0.1, 0.15) is 0 Å². The van der Waals surface area contributed by atoms with Crippen molar-refractivity contribution in [3.8, 4) is 0 Å². The second-order valence-electron chi connectivity index (χ2n) is 4.18. The summed E-state index contributed by atoms with van der Waals surface area (Å²) < 4.78 is 0. The summed E-state index contributed by atoms with van der Waals surface area (Å²) in [6.07, 6.45) is 3.60. The van der Waals surface area contributed by atoms with E-state index in [4.69, 9.17) is 5.84 Å². The maximum Gasteiger partial charge on any atom is 0.241 e. The zero-order valence-electron chi connectivity index (χ0n) is 8.84. The minimum atomic E-state index is -0.386. The van der Waals surface area contributed by atoms with Gasteiger partial charge in [0.15, 0.2) is 0 Å². The molecule has 1 amide bonds. The van der Waals surface area contributed by atoms with E-state index in [0.29, 0.717) is 6.54 Å². The SMILES string of the molecule is C=CCCCN(N)C(=O)C(C)(C)C. The van der Waals surface area contributed by atoms with Gasteiger partial charge in [0.05, 0.1) is 0 Å². The average molecular weight is 184 g/mol. The van der Waals surface area contributed by atoms with Gasteiger partial charge in [-0.1, -0.05) is 26.8 Å². The van der Waals surface area contributed by atoms with Gasteiger partial charge >= 0.3 is 0 Å². The standard InChI is InChI=1S/C10H20N2O/c1-5-6-7-8-12(11)9(13)10(2,3)4/h5H,1,6-8,11H2,2-4H3. The lowest BCUT2D eigenvalue weighted by atomic mass is 9.95. The molecular formula is C10H20N2O. The van der Waals surface area contributed by atoms with Crippen LogP contribution in [0.4, 0.5) is 0 Å². The number of carbonyl (C=O) groups excluding carboxylic acids is 1. The summed E-state index contributed by atoms with van der Waals surface area (Å²) in [6.45, 7) is 9.80. The minimum Gasteiger partial charge on any atom is -0.280 e. The van der Waals surface area contributed by atoms with Crippen LogP contribution in [0.25, 0.3) is 0 Å². The van der Waals surface area contributed by atoms with E-state index in [2.05, 4.69) is 6.58 Å². The Morgan fingerprint density at radius 1 is 1.54 bits per heavy atom. The van der Waals surface area contributed by atoms with Crippen LogP contribution in [-0.4, -0.2) is 17.5 Å². The van der Waals surface area contributed by atoms with E-state index in [9.17, 15) is 4.79 Å². The predicted octanol–water partition coefficient (Wildman–Crippen LogP) is 1.70. The first kappa shape index (κ1) is 12.2. The summed E-state index contributed by atoms with van der Waals surface area (Å²) in [7, 11) is 0. The molecule has 3 nitrogen and oxygen atoms in total. The summed E-state index contributed by atoms with van der Waals surface area (Å²) in [5.74, 6) is 5.58. The van der Waals surface area contributed by atoms with Gasteiger partial charge in [-0.2, -0.15) is 0 Å². The summed E-state index contributed by atoms with van der Waals surface area (Å²) >= 11 is 0. The molecule has 0 bridgehead atoms. The third-order valence-electron chi connectivity index (χ3n) is 1.71. The number of hydrogen-bond donors (Lipinski definition) is 1. The van der Waals surface area contributed by atoms with Crippen LogP contribution in [0.1, 0.15) is 33.6 Å². The van der Waals surface area contributed by atoms with Crippen molar-refractivity contribution < 1.29 is 4.79 Å². The summed E-state index contributed by atoms with van der Waals surface area (Å²) in [5, 5.41) is 1.30. The van der Waals surface area contributed by atoms with E-state index in [-0.39, 0.29) is 11.3 Å². The van der Waals surface area contributed by atoms with Crippen LogP contribution in [0.3, 0.4) is 0 Å². The molecule has 0 radical (unpaired) electrons. The number of hydrogen-bond acceptors (Lipinski definition) is 2. The van der Waals surface area contributed by atoms with Gasteiger partial charge in [0.25, 0.3) is 0 Å². The van der Waals surface area contributed by atoms with Crippen LogP contribution >= 0.6 is 0 Å². The van der Waals surface area contributed by atoms with E-state index in [0.717, 1.165) is 12.8 Å². The molecule has 0 heterocycles. The van der Waals surface area contributed by atoms with Gasteiger partial charge in [-0.15, -0.1) is 6.58 Å². The number of rotatable bonds is 4. The fraction of sp³-hybridized carbons (Fsp3) is 0.700. The molecule has 0 aliphatic heterocycles. The molecule has 2 N–H and O–H groups in total. The van der Waals surface area contributed by atoms with Crippen molar-refractivity contribution in [2.24, 2.45) is 11.3 Å². The number of carbonyl (C=O) groups is 1. The summed E-state index contributed by atoms with van der Waals surface area (Å²) in [5.41, 5.74) is -0.386. The van der Waals surface area contributed by atoms with Crippen molar-refractivity contribution >= 4 is 5.91 Å². The molecule has 0 spiro atoms. The molecule has 76 valence electrons. The Balaban J connectivity index is 3.90. The normalized spacial score (nSPS) is 11.1. The number of hydrazine groups is 1. The molecule has 0 atom stereocenters. The summed E-state index contributed by atoms with van der Waals surface area (Å²) in [6, 6.07) is 0. The van der Waals surface area contributed by atoms with Gasteiger partial charge < -0.3 is 0 Å². The first-order valence-corrected chi connectivity index (χ1v) is 4.57. The monoisotopic (exact) mass is 184 g/mol. The van der Waals surface area contributed by atoms with Gasteiger partial charge in [-0.3, -0.25) is 9.80 Å². The second-order valence-corrected chi connectivity index (χ2v) is 4.18. The van der Waals surface area contributed by atoms with E-state index in [1.54, 1.807) is 0 Å². The highest BCUT2D eigenvalue weighted by molar-refractivity contribution is 5.80. The van der Waals surface area contributed by atoms with Crippen molar-refractivity contribution in [2.75, 3.05) is 6.54 Å². The van der Waals surface area contributed by atoms with Gasteiger partial charge in [-0.25, -0.2) is 5.84 Å². The van der Waals surface area contributed by atoms with Gasteiger partial charge in [0, 0.05) is 12.0 Å². The van der Waals surface area contributed by atoms with E-state index >= 15 is 0 Å². The Bertz CT molecular complexity index is 182. The van der Waals surface area contributed by atoms with Gasteiger partial charge in [-0.05, 0) is 12.8 Å². The number of unbranched alkanes of at least 4 members (excludes halogenated alkanes) is 1. The third-order valence-corrected chi connectivity index (χ3v) is 1.71. The highest BCUT2D eigenvalue weighted by Gasteiger charge is 2.24. The third kappa shape index (κ3) is 4.68. The Hall–Kier alpha value is -0.830. The fourth-order valence-corrected chi connectivity index (χ4v) is 0.938. The quantitative estimate of drug-likeness (QED) is 0.238. The Morgan fingerprint density at radius 2 is 2.08 bits per heavy atom. The van der Waals surface area contributed by atoms with E-state index < -0.39 is 0 Å². The smallest absolute Gasteiger partial charge is 0.241 e. The molecule has 0 aromatic rings. The minimum absolute atomic E-state index is 0.0171. The maximum atomic E-state index is 11.5. The number of allylic oxidation sites excluding steroid dienone is 1. The molecule has 0 saturated carbocycles. The number of nitrogens with zero attached hydrogens (tertiary/aromatic N) is 1. The number of amides is 1. The predicted molar refractivity (Wildman–Crippen MR) is 54.8 cm³/mol. The van der Waals surface area contributed by atoms with Crippen molar-refractivity contribution in [3.05, 3.63) is 12.7 Å². The first-order valence-electron chi connectivity index (χ1n) is 4.57.